The van der Waals surface area contributed by atoms with Gasteiger partial charge in [-0.3, -0.25) is 4.79 Å². The average Bonchev–Trinajstić information content (AvgIpc) is 3.46. The van der Waals surface area contributed by atoms with Crippen molar-refractivity contribution in [1.82, 2.24) is 4.98 Å². The van der Waals surface area contributed by atoms with Gasteiger partial charge in [0.1, 0.15) is 10.8 Å². The summed E-state index contributed by atoms with van der Waals surface area (Å²) in [5.41, 5.74) is 4.58. The predicted molar refractivity (Wildman–Crippen MR) is 129 cm³/mol. The van der Waals surface area contributed by atoms with E-state index in [1.165, 1.54) is 23.1 Å². The number of carbonyl (C=O) groups excluding carboxylic acids is 1. The molecule has 0 bridgehead atoms. The van der Waals surface area contributed by atoms with Crippen molar-refractivity contribution in [3.8, 4) is 0 Å². The molecule has 0 radical (unpaired) electrons. The molecule has 4 aromatic rings. The zero-order chi connectivity index (χ0) is 21.9. The molecule has 32 heavy (non-hydrogen) atoms. The number of carbonyl (C=O) groups is 1. The number of nitrogens with zero attached hydrogens (tertiary/aromatic N) is 1. The van der Waals surface area contributed by atoms with Crippen LogP contribution < -0.4 is 10.6 Å². The third-order valence-corrected chi connectivity index (χ3v) is 7.01. The molecule has 0 saturated carbocycles. The SMILES string of the molecule is Cc1cccc(NC(c2ccccc2)c2c(NC(=O)c3ccco3)sc3c2CCCC3)n1. The minimum Gasteiger partial charge on any atom is -0.459 e. The molecule has 5 rings (SSSR count). The first-order valence-corrected chi connectivity index (χ1v) is 11.7. The molecule has 1 amide bonds. The maximum atomic E-state index is 12.9. The van der Waals surface area contributed by atoms with Crippen LogP contribution in [-0.4, -0.2) is 10.9 Å². The molecule has 1 aliphatic carbocycles. The average molecular weight is 444 g/mol. The fourth-order valence-corrected chi connectivity index (χ4v) is 5.62. The van der Waals surface area contributed by atoms with E-state index in [2.05, 4.69) is 27.8 Å². The fourth-order valence-electron chi connectivity index (χ4n) is 4.30. The molecule has 0 saturated heterocycles. The highest BCUT2D eigenvalue weighted by molar-refractivity contribution is 7.16. The van der Waals surface area contributed by atoms with Crippen LogP contribution in [-0.2, 0) is 12.8 Å². The van der Waals surface area contributed by atoms with Crippen LogP contribution in [0, 0.1) is 6.92 Å². The van der Waals surface area contributed by atoms with E-state index in [4.69, 9.17) is 4.42 Å². The van der Waals surface area contributed by atoms with E-state index in [0.717, 1.165) is 46.9 Å². The molecule has 162 valence electrons. The second-order valence-corrected chi connectivity index (χ2v) is 9.14. The van der Waals surface area contributed by atoms with Crippen molar-refractivity contribution in [2.24, 2.45) is 0 Å². The third kappa shape index (κ3) is 4.18. The number of amides is 1. The molecule has 1 atom stereocenters. The van der Waals surface area contributed by atoms with Gasteiger partial charge in [-0.15, -0.1) is 11.3 Å². The summed E-state index contributed by atoms with van der Waals surface area (Å²) in [6, 6.07) is 19.6. The minimum atomic E-state index is -0.227. The van der Waals surface area contributed by atoms with Crippen molar-refractivity contribution >= 4 is 28.1 Å². The number of furan rings is 1. The monoisotopic (exact) mass is 443 g/mol. The van der Waals surface area contributed by atoms with Crippen molar-refractivity contribution < 1.29 is 9.21 Å². The largest absolute Gasteiger partial charge is 0.459 e. The maximum absolute atomic E-state index is 12.9. The Kier molecular flexibility index (Phi) is 5.77. The minimum absolute atomic E-state index is 0.129. The van der Waals surface area contributed by atoms with E-state index in [1.54, 1.807) is 23.5 Å². The van der Waals surface area contributed by atoms with Gasteiger partial charge in [-0.1, -0.05) is 36.4 Å². The van der Waals surface area contributed by atoms with Crippen LogP contribution in [0.1, 0.15) is 56.7 Å². The Bertz CT molecular complexity index is 1220. The van der Waals surface area contributed by atoms with Gasteiger partial charge in [0.15, 0.2) is 5.76 Å². The summed E-state index contributed by atoms with van der Waals surface area (Å²) in [6.07, 6.45) is 5.93. The first-order valence-electron chi connectivity index (χ1n) is 10.9. The number of anilines is 2. The van der Waals surface area contributed by atoms with Crippen LogP contribution >= 0.6 is 11.3 Å². The van der Waals surface area contributed by atoms with E-state index < -0.39 is 0 Å². The highest BCUT2D eigenvalue weighted by Crippen LogP contribution is 2.44. The van der Waals surface area contributed by atoms with Crippen molar-refractivity contribution in [3.63, 3.8) is 0 Å². The molecule has 3 heterocycles. The lowest BCUT2D eigenvalue weighted by Crippen LogP contribution is -2.18. The summed E-state index contributed by atoms with van der Waals surface area (Å²) in [5.74, 6) is 0.903. The summed E-state index contributed by atoms with van der Waals surface area (Å²) in [6.45, 7) is 1.99. The highest BCUT2D eigenvalue weighted by atomic mass is 32.1. The van der Waals surface area contributed by atoms with Gasteiger partial charge in [-0.2, -0.15) is 0 Å². The highest BCUT2D eigenvalue weighted by Gasteiger charge is 2.29. The van der Waals surface area contributed by atoms with Gasteiger partial charge in [0.25, 0.3) is 5.91 Å². The first-order chi connectivity index (χ1) is 15.7. The van der Waals surface area contributed by atoms with Gasteiger partial charge in [-0.05, 0) is 68.0 Å². The molecule has 0 aliphatic heterocycles. The molecule has 1 aromatic carbocycles. The Labute approximate surface area is 191 Å². The van der Waals surface area contributed by atoms with Crippen LogP contribution in [0.2, 0.25) is 0 Å². The number of benzene rings is 1. The maximum Gasteiger partial charge on any atom is 0.291 e. The zero-order valence-electron chi connectivity index (χ0n) is 17.9. The smallest absolute Gasteiger partial charge is 0.291 e. The topological polar surface area (TPSA) is 67.2 Å². The van der Waals surface area contributed by atoms with Gasteiger partial charge in [0.05, 0.1) is 12.3 Å². The zero-order valence-corrected chi connectivity index (χ0v) is 18.7. The predicted octanol–water partition coefficient (Wildman–Crippen LogP) is 6.38. The first kappa shape index (κ1) is 20.5. The Morgan fingerprint density at radius 3 is 2.66 bits per heavy atom. The molecule has 0 fully saturated rings. The van der Waals surface area contributed by atoms with Crippen molar-refractivity contribution in [2.75, 3.05) is 10.6 Å². The molecule has 1 unspecified atom stereocenters. The number of hydrogen-bond donors (Lipinski definition) is 2. The Balaban J connectivity index is 1.61. The fraction of sp³-hybridized carbons (Fsp3) is 0.231. The Morgan fingerprint density at radius 1 is 1.03 bits per heavy atom. The van der Waals surface area contributed by atoms with Crippen molar-refractivity contribution in [1.29, 1.82) is 0 Å². The third-order valence-electron chi connectivity index (χ3n) is 5.79. The Morgan fingerprint density at radius 2 is 1.88 bits per heavy atom. The molecular formula is C26H25N3O2S. The van der Waals surface area contributed by atoms with Crippen LogP contribution in [0.3, 0.4) is 0 Å². The number of pyridine rings is 1. The number of thiophene rings is 1. The second kappa shape index (κ2) is 9.01. The number of nitrogens with one attached hydrogen (secondary N) is 2. The Hall–Kier alpha value is -3.38. The number of hydrogen-bond acceptors (Lipinski definition) is 5. The van der Waals surface area contributed by atoms with Crippen LogP contribution in [0.4, 0.5) is 10.8 Å². The number of fused-ring (bicyclic) bond motifs is 1. The van der Waals surface area contributed by atoms with Gasteiger partial charge in [0.2, 0.25) is 0 Å². The van der Waals surface area contributed by atoms with Crippen molar-refractivity contribution in [2.45, 2.75) is 38.6 Å². The van der Waals surface area contributed by atoms with Crippen molar-refractivity contribution in [3.05, 3.63) is 99.9 Å². The second-order valence-electron chi connectivity index (χ2n) is 8.04. The number of aryl methyl sites for hydroxylation is 2. The lowest BCUT2D eigenvalue weighted by Gasteiger charge is -2.24. The summed E-state index contributed by atoms with van der Waals surface area (Å²) >= 11 is 1.69. The normalized spacial score (nSPS) is 13.9. The summed E-state index contributed by atoms with van der Waals surface area (Å²) < 4.78 is 5.33. The van der Waals surface area contributed by atoms with Gasteiger partial charge in [-0.25, -0.2) is 4.98 Å². The number of aromatic nitrogens is 1. The molecule has 6 heteroatoms. The van der Waals surface area contributed by atoms with E-state index in [0.29, 0.717) is 5.76 Å². The molecule has 2 N–H and O–H groups in total. The van der Waals surface area contributed by atoms with Gasteiger partial charge in [0, 0.05) is 16.1 Å². The molecule has 3 aromatic heterocycles. The standard InChI is InChI=1S/C26H25N3O2S/c1-17-9-7-15-22(27-17)28-24(18-10-3-2-4-11-18)23-19-12-5-6-14-21(19)32-26(23)29-25(30)20-13-8-16-31-20/h2-4,7-11,13,15-16,24H,5-6,12,14H2,1H3,(H,27,28)(H,29,30). The van der Waals surface area contributed by atoms with Gasteiger partial charge >= 0.3 is 0 Å². The molecule has 1 aliphatic rings. The summed E-state index contributed by atoms with van der Waals surface area (Å²) in [7, 11) is 0. The van der Waals surface area contributed by atoms with E-state index in [1.807, 2.05) is 43.3 Å². The summed E-state index contributed by atoms with van der Waals surface area (Å²) in [5, 5.41) is 7.68. The molecular weight excluding hydrogens is 418 g/mol. The van der Waals surface area contributed by atoms with E-state index in [9.17, 15) is 4.79 Å². The van der Waals surface area contributed by atoms with Gasteiger partial charge < -0.3 is 15.1 Å². The lowest BCUT2D eigenvalue weighted by molar-refractivity contribution is 0.0997. The number of rotatable bonds is 6. The van der Waals surface area contributed by atoms with Crippen LogP contribution in [0.15, 0.2) is 71.3 Å². The van der Waals surface area contributed by atoms with Crippen LogP contribution in [0.5, 0.6) is 0 Å². The molecule has 0 spiro atoms. The van der Waals surface area contributed by atoms with E-state index in [-0.39, 0.29) is 11.9 Å². The molecule has 5 nitrogen and oxygen atoms in total. The summed E-state index contributed by atoms with van der Waals surface area (Å²) in [4.78, 5) is 18.9. The lowest BCUT2D eigenvalue weighted by atomic mass is 9.89. The quantitative estimate of drug-likeness (QED) is 0.363. The van der Waals surface area contributed by atoms with Crippen LogP contribution in [0.25, 0.3) is 0 Å². The van der Waals surface area contributed by atoms with E-state index >= 15 is 0 Å².